The van der Waals surface area contributed by atoms with E-state index in [1.807, 2.05) is 31.6 Å². The Kier molecular flexibility index (Phi) is 4.68. The molecule has 1 atom stereocenters. The Morgan fingerprint density at radius 3 is 2.77 bits per heavy atom. The number of anilines is 1. The molecule has 0 amide bonds. The Hall–Kier alpha value is -2.34. The lowest BCUT2D eigenvalue weighted by Crippen LogP contribution is -2.23. The van der Waals surface area contributed by atoms with Gasteiger partial charge in [0.05, 0.1) is 11.9 Å². The summed E-state index contributed by atoms with van der Waals surface area (Å²) in [6, 6.07) is 12.5. The zero-order valence-electron chi connectivity index (χ0n) is 14.4. The topological polar surface area (TPSA) is 21.1 Å². The minimum absolute atomic E-state index is 0.0881. The van der Waals surface area contributed by atoms with Crippen LogP contribution in [0.4, 0.5) is 14.5 Å². The van der Waals surface area contributed by atoms with Crippen molar-refractivity contribution in [2.24, 2.45) is 7.05 Å². The maximum Gasteiger partial charge on any atom is 0.159 e. The molecule has 0 spiro atoms. The first-order chi connectivity index (χ1) is 12.6. The van der Waals surface area contributed by atoms with Crippen molar-refractivity contribution in [1.29, 1.82) is 0 Å². The molecule has 0 N–H and O–H groups in total. The highest BCUT2D eigenvalue weighted by molar-refractivity contribution is 7.99. The molecule has 134 valence electrons. The number of hydrogen-bond acceptors (Lipinski definition) is 3. The molecule has 26 heavy (non-hydrogen) atoms. The number of aromatic nitrogens is 2. The molecule has 2 heterocycles. The molecule has 0 bridgehead atoms. The molecule has 4 rings (SSSR count). The number of fused-ring (bicyclic) bond motifs is 1. The van der Waals surface area contributed by atoms with Crippen LogP contribution >= 0.6 is 11.8 Å². The molecule has 6 heteroatoms. The second kappa shape index (κ2) is 7.11. The summed E-state index contributed by atoms with van der Waals surface area (Å²) in [4.78, 5) is 3.49. The maximum atomic E-state index is 13.7. The first kappa shape index (κ1) is 17.1. The molecule has 1 aromatic heterocycles. The average Bonchev–Trinajstić information content (AvgIpc) is 2.95. The predicted octanol–water partition coefficient (Wildman–Crippen LogP) is 4.94. The summed E-state index contributed by atoms with van der Waals surface area (Å²) in [7, 11) is 1.91. The number of nitrogens with zero attached hydrogens (tertiary/aromatic N) is 3. The van der Waals surface area contributed by atoms with Crippen molar-refractivity contribution >= 4 is 17.4 Å². The van der Waals surface area contributed by atoms with Gasteiger partial charge in [-0.15, -0.1) is 11.8 Å². The van der Waals surface area contributed by atoms with Gasteiger partial charge in [0.25, 0.3) is 0 Å². The number of thioether (sulfide) groups is 1. The molecule has 0 saturated heterocycles. The molecule has 0 fully saturated rings. The van der Waals surface area contributed by atoms with E-state index in [1.165, 1.54) is 17.8 Å². The zero-order chi connectivity index (χ0) is 18.1. The Balaban J connectivity index is 1.64. The van der Waals surface area contributed by atoms with Crippen molar-refractivity contribution in [1.82, 2.24) is 9.78 Å². The second-order valence-corrected chi connectivity index (χ2v) is 7.72. The van der Waals surface area contributed by atoms with Crippen LogP contribution in [0.1, 0.15) is 22.8 Å². The van der Waals surface area contributed by atoms with Crippen molar-refractivity contribution in [3.8, 4) is 0 Å². The number of rotatable bonds is 3. The minimum Gasteiger partial charge on any atom is -0.366 e. The Labute approximate surface area is 155 Å². The van der Waals surface area contributed by atoms with E-state index in [2.05, 4.69) is 22.1 Å². The summed E-state index contributed by atoms with van der Waals surface area (Å²) in [5, 5.41) is 4.34. The lowest BCUT2D eigenvalue weighted by molar-refractivity contribution is 0.506. The SMILES string of the molecule is Cn1cc(CN2CCC(c3ccc(F)c(F)c3)Sc3ccccc32)cn1. The first-order valence-electron chi connectivity index (χ1n) is 8.53. The van der Waals surface area contributed by atoms with E-state index >= 15 is 0 Å². The van der Waals surface area contributed by atoms with Crippen LogP contribution in [0.3, 0.4) is 0 Å². The Morgan fingerprint density at radius 1 is 1.15 bits per heavy atom. The van der Waals surface area contributed by atoms with Gasteiger partial charge < -0.3 is 4.90 Å². The number of para-hydroxylation sites is 1. The van der Waals surface area contributed by atoms with Gasteiger partial charge in [-0.05, 0) is 36.2 Å². The quantitative estimate of drug-likeness (QED) is 0.651. The molecule has 2 aromatic carbocycles. The summed E-state index contributed by atoms with van der Waals surface area (Å²) in [5.41, 5.74) is 3.15. The van der Waals surface area contributed by atoms with Crippen molar-refractivity contribution in [2.45, 2.75) is 23.1 Å². The molecule has 3 nitrogen and oxygen atoms in total. The average molecular weight is 371 g/mol. The van der Waals surface area contributed by atoms with Gasteiger partial charge in [-0.3, -0.25) is 4.68 Å². The van der Waals surface area contributed by atoms with Crippen molar-refractivity contribution < 1.29 is 8.78 Å². The van der Waals surface area contributed by atoms with Crippen molar-refractivity contribution in [3.63, 3.8) is 0 Å². The molecule has 0 radical (unpaired) electrons. The molecule has 3 aromatic rings. The number of hydrogen-bond donors (Lipinski definition) is 0. The fourth-order valence-corrected chi connectivity index (χ4v) is 4.60. The summed E-state index contributed by atoms with van der Waals surface area (Å²) >= 11 is 1.71. The Bertz CT molecular complexity index is 925. The first-order valence-corrected chi connectivity index (χ1v) is 9.41. The van der Waals surface area contributed by atoms with E-state index in [4.69, 9.17) is 0 Å². The van der Waals surface area contributed by atoms with Crippen LogP contribution in [0.15, 0.2) is 59.8 Å². The van der Waals surface area contributed by atoms with Crippen LogP contribution in [-0.4, -0.2) is 16.3 Å². The lowest BCUT2D eigenvalue weighted by Gasteiger charge is -2.24. The third-order valence-corrected chi connectivity index (χ3v) is 5.98. The normalized spacial score (nSPS) is 17.0. The standard InChI is InChI=1S/C20H19F2N3S/c1-24-12-14(11-23-24)13-25-9-8-19(15-6-7-16(21)17(22)10-15)26-20-5-3-2-4-18(20)25/h2-7,10-12,19H,8-9,13H2,1H3. The van der Waals surface area contributed by atoms with Crippen molar-refractivity contribution in [3.05, 3.63) is 77.6 Å². The highest BCUT2D eigenvalue weighted by atomic mass is 32.2. The Morgan fingerprint density at radius 2 is 2.00 bits per heavy atom. The monoisotopic (exact) mass is 371 g/mol. The highest BCUT2D eigenvalue weighted by Gasteiger charge is 2.24. The minimum atomic E-state index is -0.800. The predicted molar refractivity (Wildman–Crippen MR) is 100 cm³/mol. The van der Waals surface area contributed by atoms with Crippen LogP contribution in [0, 0.1) is 11.6 Å². The maximum absolute atomic E-state index is 13.7. The molecule has 1 aliphatic rings. The molecular weight excluding hydrogens is 352 g/mol. The summed E-state index contributed by atoms with van der Waals surface area (Å²) < 4.78 is 28.8. The molecule has 1 unspecified atom stereocenters. The van der Waals surface area contributed by atoms with Crippen LogP contribution in [-0.2, 0) is 13.6 Å². The van der Waals surface area contributed by atoms with E-state index in [0.717, 1.165) is 35.5 Å². The van der Waals surface area contributed by atoms with Gasteiger partial charge in [0.1, 0.15) is 0 Å². The fourth-order valence-electron chi connectivity index (χ4n) is 3.31. The largest absolute Gasteiger partial charge is 0.366 e. The van der Waals surface area contributed by atoms with Gasteiger partial charge >= 0.3 is 0 Å². The third kappa shape index (κ3) is 3.46. The fraction of sp³-hybridized carbons (Fsp3) is 0.250. The van der Waals surface area contributed by atoms with Crippen LogP contribution < -0.4 is 4.90 Å². The van der Waals surface area contributed by atoms with E-state index in [0.29, 0.717) is 0 Å². The van der Waals surface area contributed by atoms with Gasteiger partial charge in [-0.25, -0.2) is 8.78 Å². The van der Waals surface area contributed by atoms with Gasteiger partial charge in [0.2, 0.25) is 0 Å². The highest BCUT2D eigenvalue weighted by Crippen LogP contribution is 2.45. The summed E-state index contributed by atoms with van der Waals surface area (Å²) in [6.07, 6.45) is 4.76. The van der Waals surface area contributed by atoms with E-state index in [1.54, 1.807) is 22.5 Å². The third-order valence-electron chi connectivity index (χ3n) is 4.58. The molecular formula is C20H19F2N3S. The van der Waals surface area contributed by atoms with E-state index in [9.17, 15) is 8.78 Å². The second-order valence-electron chi connectivity index (χ2n) is 6.48. The summed E-state index contributed by atoms with van der Waals surface area (Å²) in [6.45, 7) is 1.61. The lowest BCUT2D eigenvalue weighted by atomic mass is 10.1. The van der Waals surface area contributed by atoms with Gasteiger partial charge in [-0.2, -0.15) is 5.10 Å². The van der Waals surface area contributed by atoms with Gasteiger partial charge in [0, 0.05) is 42.0 Å². The van der Waals surface area contributed by atoms with Gasteiger partial charge in [-0.1, -0.05) is 18.2 Å². The number of halogens is 2. The van der Waals surface area contributed by atoms with E-state index in [-0.39, 0.29) is 5.25 Å². The summed E-state index contributed by atoms with van der Waals surface area (Å²) in [5.74, 6) is -1.58. The van der Waals surface area contributed by atoms with Gasteiger partial charge in [0.15, 0.2) is 11.6 Å². The molecule has 0 saturated carbocycles. The van der Waals surface area contributed by atoms with Crippen LogP contribution in [0.25, 0.3) is 0 Å². The number of benzene rings is 2. The van der Waals surface area contributed by atoms with E-state index < -0.39 is 11.6 Å². The van der Waals surface area contributed by atoms with Crippen LogP contribution in [0.5, 0.6) is 0 Å². The molecule has 1 aliphatic heterocycles. The smallest absolute Gasteiger partial charge is 0.159 e. The van der Waals surface area contributed by atoms with Crippen LogP contribution in [0.2, 0.25) is 0 Å². The number of aryl methyl sites for hydroxylation is 1. The van der Waals surface area contributed by atoms with Crippen molar-refractivity contribution in [2.75, 3.05) is 11.4 Å². The zero-order valence-corrected chi connectivity index (χ0v) is 15.2. The molecule has 0 aliphatic carbocycles.